The Kier molecular flexibility index (Phi) is 7.60. The van der Waals surface area contributed by atoms with Crippen molar-refractivity contribution >= 4 is 5.91 Å². The number of benzene rings is 1. The van der Waals surface area contributed by atoms with E-state index in [9.17, 15) is 19.8 Å². The van der Waals surface area contributed by atoms with Crippen LogP contribution in [0.3, 0.4) is 0 Å². The smallest absolute Gasteiger partial charge is 0.227 e. The molecule has 1 aromatic carbocycles. The van der Waals surface area contributed by atoms with Crippen LogP contribution in [0.25, 0.3) is 0 Å². The molecule has 0 bridgehead atoms. The maximum Gasteiger partial charge on any atom is 0.227 e. The summed E-state index contributed by atoms with van der Waals surface area (Å²) in [6.07, 6.45) is -0.107. The van der Waals surface area contributed by atoms with Gasteiger partial charge in [0.1, 0.15) is 12.4 Å². The molecule has 1 atom stereocenters. The van der Waals surface area contributed by atoms with E-state index in [1.807, 2.05) is 0 Å². The van der Waals surface area contributed by atoms with Crippen LogP contribution in [0.15, 0.2) is 27.4 Å². The molecule has 1 unspecified atom stereocenters. The Hall–Kier alpha value is -3.24. The highest BCUT2D eigenvalue weighted by Crippen LogP contribution is 2.42. The number of nitrogens with zero attached hydrogens (tertiary/aromatic N) is 1. The predicted molar refractivity (Wildman–Crippen MR) is 112 cm³/mol. The van der Waals surface area contributed by atoms with Gasteiger partial charge in [0.05, 0.1) is 33.4 Å². The van der Waals surface area contributed by atoms with E-state index in [1.54, 1.807) is 4.90 Å². The van der Waals surface area contributed by atoms with Crippen LogP contribution in [-0.4, -0.2) is 68.7 Å². The molecular weight excluding hydrogens is 422 g/mol. The summed E-state index contributed by atoms with van der Waals surface area (Å²) in [5, 5.41) is 20.8. The number of hydrogen-bond acceptors (Lipinski definition) is 9. The molecule has 2 N–H and O–H groups in total. The minimum atomic E-state index is -0.863. The first-order valence-electron chi connectivity index (χ1n) is 10.0. The Bertz CT molecular complexity index is 986. The number of methoxy groups -OCH3 is 3. The van der Waals surface area contributed by atoms with Crippen LogP contribution in [0.1, 0.15) is 29.4 Å². The largest absolute Gasteiger partial charge is 0.502 e. The zero-order valence-electron chi connectivity index (χ0n) is 18.3. The van der Waals surface area contributed by atoms with Crippen molar-refractivity contribution < 1.29 is 38.4 Å². The molecule has 1 aromatic heterocycles. The van der Waals surface area contributed by atoms with Gasteiger partial charge in [0, 0.05) is 32.7 Å². The lowest BCUT2D eigenvalue weighted by molar-refractivity contribution is -0.135. The zero-order valence-corrected chi connectivity index (χ0v) is 18.3. The summed E-state index contributed by atoms with van der Waals surface area (Å²) in [6, 6.07) is 4.16. The van der Waals surface area contributed by atoms with Gasteiger partial charge in [0.2, 0.25) is 22.8 Å². The van der Waals surface area contributed by atoms with Crippen molar-refractivity contribution in [3.63, 3.8) is 0 Å². The van der Waals surface area contributed by atoms with E-state index in [4.69, 9.17) is 23.4 Å². The number of phenols is 1. The Morgan fingerprint density at radius 1 is 1.06 bits per heavy atom. The highest BCUT2D eigenvalue weighted by atomic mass is 16.5. The molecule has 10 heteroatoms. The van der Waals surface area contributed by atoms with Gasteiger partial charge in [0.25, 0.3) is 0 Å². The van der Waals surface area contributed by atoms with Crippen LogP contribution in [-0.2, 0) is 20.9 Å². The fourth-order valence-electron chi connectivity index (χ4n) is 3.60. The second-order valence-electron chi connectivity index (χ2n) is 7.25. The Morgan fingerprint density at radius 3 is 2.25 bits per heavy atom. The van der Waals surface area contributed by atoms with E-state index in [0.29, 0.717) is 31.9 Å². The molecule has 1 saturated heterocycles. The van der Waals surface area contributed by atoms with Crippen molar-refractivity contribution in [1.82, 2.24) is 4.90 Å². The fraction of sp³-hybridized carbons (Fsp3) is 0.455. The van der Waals surface area contributed by atoms with E-state index in [1.165, 1.54) is 33.5 Å². The number of morpholine rings is 1. The Morgan fingerprint density at radius 2 is 1.69 bits per heavy atom. The maximum atomic E-state index is 13.1. The minimum absolute atomic E-state index is 0.00880. The van der Waals surface area contributed by atoms with Crippen LogP contribution in [0.2, 0.25) is 0 Å². The van der Waals surface area contributed by atoms with Gasteiger partial charge in [-0.2, -0.15) is 0 Å². The van der Waals surface area contributed by atoms with Crippen molar-refractivity contribution in [1.29, 1.82) is 0 Å². The Balaban J connectivity index is 2.12. The summed E-state index contributed by atoms with van der Waals surface area (Å²) in [5.74, 6) is -1.54. The maximum absolute atomic E-state index is 13.1. The summed E-state index contributed by atoms with van der Waals surface area (Å²) >= 11 is 0. The molecule has 0 saturated carbocycles. The standard InChI is InChI=1S/C22H27NO9/c1-28-12-14-10-16(24)20(26)22(32-14)15(11-19(25)23-4-6-31-7-5-23)13-8-17(29-2)21(27)18(9-13)30-3/h8-10,15,26-27H,4-7,11-12H2,1-3H3. The van der Waals surface area contributed by atoms with Gasteiger partial charge in [0.15, 0.2) is 17.3 Å². The second kappa shape index (κ2) is 10.4. The van der Waals surface area contributed by atoms with E-state index in [0.717, 1.165) is 6.07 Å². The molecular formula is C22H27NO9. The number of carbonyl (C=O) groups excluding carboxylic acids is 1. The molecule has 174 valence electrons. The Labute approximate surface area is 184 Å². The van der Waals surface area contributed by atoms with Crippen molar-refractivity contribution in [2.24, 2.45) is 0 Å². The first kappa shape index (κ1) is 23.4. The molecule has 1 fully saturated rings. The number of amides is 1. The van der Waals surface area contributed by atoms with Crippen molar-refractivity contribution in [2.45, 2.75) is 18.9 Å². The average Bonchev–Trinajstić information content (AvgIpc) is 2.80. The first-order chi connectivity index (χ1) is 15.4. The molecule has 1 amide bonds. The van der Waals surface area contributed by atoms with E-state index < -0.39 is 17.1 Å². The molecule has 1 aliphatic heterocycles. The van der Waals surface area contributed by atoms with Crippen molar-refractivity contribution in [3.05, 3.63) is 45.5 Å². The lowest BCUT2D eigenvalue weighted by Gasteiger charge is -2.29. The zero-order chi connectivity index (χ0) is 23.3. The molecule has 0 radical (unpaired) electrons. The molecule has 2 heterocycles. The summed E-state index contributed by atoms with van der Waals surface area (Å²) in [5.41, 5.74) is -0.203. The average molecular weight is 449 g/mol. The van der Waals surface area contributed by atoms with Gasteiger partial charge in [-0.1, -0.05) is 0 Å². The third-order valence-corrected chi connectivity index (χ3v) is 5.25. The number of rotatable bonds is 8. The lowest BCUT2D eigenvalue weighted by Crippen LogP contribution is -2.41. The highest BCUT2D eigenvalue weighted by Gasteiger charge is 2.30. The third kappa shape index (κ3) is 4.97. The predicted octanol–water partition coefficient (Wildman–Crippen LogP) is 1.60. The van der Waals surface area contributed by atoms with Gasteiger partial charge in [-0.25, -0.2) is 0 Å². The SMILES string of the molecule is COCc1cc(=O)c(O)c(C(CC(=O)N2CCOCC2)c2cc(OC)c(O)c(OC)c2)o1. The summed E-state index contributed by atoms with van der Waals surface area (Å²) in [7, 11) is 4.20. The summed E-state index contributed by atoms with van der Waals surface area (Å²) < 4.78 is 26.6. The molecule has 3 rings (SSSR count). The molecule has 0 aliphatic carbocycles. The summed E-state index contributed by atoms with van der Waals surface area (Å²) in [4.78, 5) is 27.1. The van der Waals surface area contributed by atoms with Crippen molar-refractivity contribution in [2.75, 3.05) is 47.6 Å². The number of carbonyl (C=O) groups is 1. The molecule has 1 aliphatic rings. The monoisotopic (exact) mass is 449 g/mol. The second-order valence-corrected chi connectivity index (χ2v) is 7.25. The van der Waals surface area contributed by atoms with E-state index in [-0.39, 0.29) is 47.7 Å². The van der Waals surface area contributed by atoms with Crippen LogP contribution < -0.4 is 14.9 Å². The lowest BCUT2D eigenvalue weighted by atomic mass is 9.90. The van der Waals surface area contributed by atoms with Gasteiger partial charge in [-0.3, -0.25) is 9.59 Å². The van der Waals surface area contributed by atoms with Crippen molar-refractivity contribution in [3.8, 4) is 23.0 Å². The van der Waals surface area contributed by atoms with Gasteiger partial charge >= 0.3 is 0 Å². The number of ether oxygens (including phenoxy) is 4. The molecule has 32 heavy (non-hydrogen) atoms. The number of hydrogen-bond donors (Lipinski definition) is 2. The normalized spacial score (nSPS) is 14.8. The van der Waals surface area contributed by atoms with Crippen LogP contribution in [0, 0.1) is 0 Å². The first-order valence-corrected chi connectivity index (χ1v) is 10.0. The highest BCUT2D eigenvalue weighted by molar-refractivity contribution is 5.78. The number of phenolic OH excluding ortho intramolecular Hbond substituents is 1. The van der Waals surface area contributed by atoms with Gasteiger partial charge in [-0.05, 0) is 17.7 Å². The summed E-state index contributed by atoms with van der Waals surface area (Å²) in [6.45, 7) is 1.75. The molecule has 0 spiro atoms. The third-order valence-electron chi connectivity index (χ3n) is 5.25. The minimum Gasteiger partial charge on any atom is -0.502 e. The van der Waals surface area contributed by atoms with Gasteiger partial charge < -0.3 is 38.5 Å². The fourth-order valence-corrected chi connectivity index (χ4v) is 3.60. The topological polar surface area (TPSA) is 128 Å². The van der Waals surface area contributed by atoms with Crippen LogP contribution in [0.5, 0.6) is 23.0 Å². The molecule has 2 aromatic rings. The number of aromatic hydroxyl groups is 2. The van der Waals surface area contributed by atoms with Crippen LogP contribution >= 0.6 is 0 Å². The van der Waals surface area contributed by atoms with E-state index >= 15 is 0 Å². The van der Waals surface area contributed by atoms with Crippen LogP contribution in [0.4, 0.5) is 0 Å². The van der Waals surface area contributed by atoms with Gasteiger partial charge in [-0.15, -0.1) is 0 Å². The molecule has 10 nitrogen and oxygen atoms in total. The quantitative estimate of drug-likeness (QED) is 0.617. The van der Waals surface area contributed by atoms with E-state index in [2.05, 4.69) is 0 Å².